The first-order chi connectivity index (χ1) is 16.3. The maximum absolute atomic E-state index is 8.25. The second kappa shape index (κ2) is 15.7. The summed E-state index contributed by atoms with van der Waals surface area (Å²) in [6.07, 6.45) is 0. The van der Waals surface area contributed by atoms with E-state index in [9.17, 15) is 0 Å². The van der Waals surface area contributed by atoms with Gasteiger partial charge >= 0.3 is 29.6 Å². The maximum Gasteiger partial charge on any atom is 1.00 e. The summed E-state index contributed by atoms with van der Waals surface area (Å²) in [7, 11) is 0.750. The Labute approximate surface area is 241 Å². The minimum absolute atomic E-state index is 0. The largest absolute Gasteiger partial charge is 1.00 e. The van der Waals surface area contributed by atoms with Gasteiger partial charge in [-0.15, -0.1) is 0 Å². The van der Waals surface area contributed by atoms with Gasteiger partial charge in [-0.1, -0.05) is 34.8 Å². The first-order valence-electron chi connectivity index (χ1n) is 9.72. The zero-order chi connectivity index (χ0) is 25.1. The van der Waals surface area contributed by atoms with Crippen molar-refractivity contribution in [2.45, 2.75) is 6.92 Å². The van der Waals surface area contributed by atoms with Gasteiger partial charge in [-0.25, -0.2) is 9.97 Å². The number of ether oxygens (including phenoxy) is 2. The van der Waals surface area contributed by atoms with Crippen LogP contribution in [0.2, 0.25) is 15.5 Å². The fraction of sp³-hybridized carbons (Fsp3) is 0.0833. The molecule has 4 N–H and O–H groups in total. The topological polar surface area (TPSA) is 119 Å². The Balaban J connectivity index is 0.000000318. The summed E-state index contributed by atoms with van der Waals surface area (Å²) in [5.74, 6) is 2.58. The number of halogens is 3. The van der Waals surface area contributed by atoms with Crippen LogP contribution in [0.5, 0.6) is 23.0 Å². The molecule has 0 saturated carbocycles. The number of pyridine rings is 2. The Morgan fingerprint density at radius 1 is 0.600 bits per heavy atom. The van der Waals surface area contributed by atoms with Gasteiger partial charge in [-0.2, -0.15) is 7.11 Å². The van der Waals surface area contributed by atoms with Crippen molar-refractivity contribution in [3.05, 3.63) is 93.9 Å². The molecule has 0 aliphatic heterocycles. The molecule has 7 nitrogen and oxygen atoms in total. The Bertz CT molecular complexity index is 1060. The van der Waals surface area contributed by atoms with E-state index in [1.165, 1.54) is 0 Å². The summed E-state index contributed by atoms with van der Waals surface area (Å²) in [6, 6.07) is 20.9. The van der Waals surface area contributed by atoms with Crippen molar-refractivity contribution in [1.82, 2.24) is 9.97 Å². The molecule has 0 unspecified atom stereocenters. The predicted octanol–water partition coefficient (Wildman–Crippen LogP) is 3.16. The van der Waals surface area contributed by atoms with Crippen LogP contribution in [0.1, 0.15) is 5.69 Å². The molecular formula is C24H22Cl3N4NaO3. The van der Waals surface area contributed by atoms with Crippen LogP contribution in [0.3, 0.4) is 0 Å². The monoisotopic (exact) mass is 542 g/mol. The van der Waals surface area contributed by atoms with Gasteiger partial charge in [0.2, 0.25) is 0 Å². The number of rotatable bonds is 4. The van der Waals surface area contributed by atoms with E-state index < -0.39 is 0 Å². The minimum atomic E-state index is 0. The first-order valence-corrected chi connectivity index (χ1v) is 10.8. The third-order valence-electron chi connectivity index (χ3n) is 3.86. The van der Waals surface area contributed by atoms with Crippen molar-refractivity contribution in [2.24, 2.45) is 0 Å². The van der Waals surface area contributed by atoms with E-state index in [-0.39, 0.29) is 39.9 Å². The summed E-state index contributed by atoms with van der Waals surface area (Å²) in [6.45, 7) is 1.86. The summed E-state index contributed by atoms with van der Waals surface area (Å²) in [5, 5.41) is 9.25. The fourth-order valence-corrected chi connectivity index (χ4v) is 3.18. The van der Waals surface area contributed by atoms with Crippen molar-refractivity contribution in [3.8, 4) is 23.0 Å². The van der Waals surface area contributed by atoms with Gasteiger partial charge in [-0.3, -0.25) is 0 Å². The van der Waals surface area contributed by atoms with E-state index in [0.717, 1.165) is 18.6 Å². The van der Waals surface area contributed by atoms with Crippen molar-refractivity contribution < 1.29 is 44.1 Å². The van der Waals surface area contributed by atoms with E-state index in [1.54, 1.807) is 66.7 Å². The normalized spacial score (nSPS) is 9.43. The van der Waals surface area contributed by atoms with Crippen LogP contribution in [0.4, 0.5) is 11.4 Å². The van der Waals surface area contributed by atoms with Crippen LogP contribution in [-0.4, -0.2) is 17.1 Å². The molecule has 4 aromatic rings. The van der Waals surface area contributed by atoms with Crippen molar-refractivity contribution >= 4 is 46.2 Å². The number of nitrogens with zero attached hydrogens (tertiary/aromatic N) is 2. The fourth-order valence-electron chi connectivity index (χ4n) is 2.50. The molecule has 2 aromatic carbocycles. The molecule has 0 atom stereocenters. The Kier molecular flexibility index (Phi) is 13.8. The molecule has 0 amide bonds. The third-order valence-corrected chi connectivity index (χ3v) is 4.44. The van der Waals surface area contributed by atoms with Gasteiger partial charge in [0, 0.05) is 41.3 Å². The molecule has 2 heterocycles. The quantitative estimate of drug-likeness (QED) is 0.230. The summed E-state index contributed by atoms with van der Waals surface area (Å²) >= 11 is 17.3. The molecule has 0 aliphatic carbocycles. The molecule has 2 aromatic heterocycles. The minimum Gasteiger partial charge on any atom is -0.857 e. The molecule has 4 rings (SSSR count). The van der Waals surface area contributed by atoms with Gasteiger partial charge < -0.3 is 26.0 Å². The van der Waals surface area contributed by atoms with Crippen LogP contribution < -0.4 is 55.6 Å². The van der Waals surface area contributed by atoms with Gasteiger partial charge in [0.1, 0.15) is 38.5 Å². The molecule has 11 heteroatoms. The Morgan fingerprint density at radius 2 is 0.943 bits per heavy atom. The van der Waals surface area contributed by atoms with Gasteiger partial charge in [0.15, 0.2) is 0 Å². The number of benzene rings is 2. The van der Waals surface area contributed by atoms with Crippen LogP contribution in [0.25, 0.3) is 0 Å². The van der Waals surface area contributed by atoms with Crippen molar-refractivity contribution in [2.75, 3.05) is 18.6 Å². The average molecular weight is 544 g/mol. The molecule has 0 saturated heterocycles. The molecular weight excluding hydrogens is 522 g/mol. The number of hydrogen-bond donors (Lipinski definition) is 2. The zero-order valence-corrected chi connectivity index (χ0v) is 23.6. The number of hydrogen-bond acceptors (Lipinski definition) is 7. The van der Waals surface area contributed by atoms with Crippen LogP contribution in [0.15, 0.2) is 72.8 Å². The number of nitrogen functional groups attached to an aromatic ring is 2. The van der Waals surface area contributed by atoms with E-state index in [2.05, 4.69) is 9.97 Å². The predicted molar refractivity (Wildman–Crippen MR) is 136 cm³/mol. The van der Waals surface area contributed by atoms with Gasteiger partial charge in [0.05, 0.1) is 0 Å². The van der Waals surface area contributed by atoms with E-state index in [4.69, 9.17) is 60.9 Å². The molecule has 0 fully saturated rings. The van der Waals surface area contributed by atoms with Crippen LogP contribution >= 0.6 is 34.8 Å². The molecule has 0 spiro atoms. The van der Waals surface area contributed by atoms with E-state index in [1.807, 2.05) is 13.0 Å². The number of nitrogens with two attached hydrogens (primary N) is 2. The molecule has 0 radical (unpaired) electrons. The van der Waals surface area contributed by atoms with Gasteiger partial charge in [0.25, 0.3) is 0 Å². The van der Waals surface area contributed by atoms with Crippen LogP contribution in [0, 0.1) is 6.92 Å². The summed E-state index contributed by atoms with van der Waals surface area (Å²) in [5.41, 5.74) is 13.3. The third kappa shape index (κ3) is 11.4. The number of aromatic nitrogens is 2. The number of anilines is 2. The van der Waals surface area contributed by atoms with Gasteiger partial charge in [-0.05, 0) is 55.5 Å². The smallest absolute Gasteiger partial charge is 0.857 e. The average Bonchev–Trinajstić information content (AvgIpc) is 2.77. The molecule has 35 heavy (non-hydrogen) atoms. The molecule has 178 valence electrons. The van der Waals surface area contributed by atoms with E-state index in [0.29, 0.717) is 33.8 Å². The molecule has 0 bridgehead atoms. The van der Waals surface area contributed by atoms with Crippen molar-refractivity contribution in [3.63, 3.8) is 0 Å². The van der Waals surface area contributed by atoms with Crippen molar-refractivity contribution in [1.29, 1.82) is 0 Å². The second-order valence-corrected chi connectivity index (χ2v) is 7.72. The summed E-state index contributed by atoms with van der Waals surface area (Å²) in [4.78, 5) is 7.88. The maximum atomic E-state index is 8.25. The standard InChI is InChI=1S/C12H11ClN2O.C11H8Cl2N2O.CH3O.Na/c1-8-6-11(7-12(13)15-8)16-10-4-2-9(14)3-5-10;12-10-5-9(6-11(13)15-10)16-8-3-1-7(14)2-4-8;1-2;/h2-7H,14H2,1H3;1-6H,14H2;1H3;/q;;-1;+1. The summed E-state index contributed by atoms with van der Waals surface area (Å²) < 4.78 is 11.1. The zero-order valence-electron chi connectivity index (χ0n) is 19.3. The number of aryl methyl sites for hydroxylation is 1. The molecule has 0 aliphatic rings. The SMILES string of the molecule is C[O-].Cc1cc(Oc2ccc(N)cc2)cc(Cl)n1.Nc1ccc(Oc2cc(Cl)nc(Cl)c2)cc1.[Na+]. The second-order valence-electron chi connectivity index (χ2n) is 6.56. The Hall–Kier alpha value is -2.23. The first kappa shape index (κ1) is 30.8. The van der Waals surface area contributed by atoms with E-state index >= 15 is 0 Å². The van der Waals surface area contributed by atoms with Crippen LogP contribution in [-0.2, 0) is 0 Å². The Morgan fingerprint density at radius 3 is 1.31 bits per heavy atom.